The van der Waals surface area contributed by atoms with Gasteiger partial charge in [0.25, 0.3) is 6.01 Å². The molecule has 0 saturated carbocycles. The Morgan fingerprint density at radius 1 is 0.943 bits per heavy atom. The van der Waals surface area contributed by atoms with Crippen LogP contribution < -0.4 is 5.32 Å². The van der Waals surface area contributed by atoms with E-state index in [2.05, 4.69) is 10.3 Å². The Morgan fingerprint density at radius 3 is 2.37 bits per heavy atom. The first-order valence-electron chi connectivity index (χ1n) is 11.2. The van der Waals surface area contributed by atoms with Crippen molar-refractivity contribution < 1.29 is 22.7 Å². The fourth-order valence-corrected chi connectivity index (χ4v) is 5.52. The van der Waals surface area contributed by atoms with Gasteiger partial charge >= 0.3 is 5.97 Å². The minimum Gasteiger partial charge on any atom is -0.481 e. The number of nitrogens with one attached hydrogen (secondary N) is 1. The Bertz CT molecular complexity index is 1350. The number of aliphatic carboxylic acids is 1. The van der Waals surface area contributed by atoms with Gasteiger partial charge in [0.15, 0.2) is 9.84 Å². The van der Waals surface area contributed by atoms with Gasteiger partial charge in [-0.3, -0.25) is 4.79 Å². The maximum Gasteiger partial charge on any atom is 0.303 e. The van der Waals surface area contributed by atoms with Crippen LogP contribution in [0.15, 0.2) is 101 Å². The first-order valence-corrected chi connectivity index (χ1v) is 12.9. The van der Waals surface area contributed by atoms with Gasteiger partial charge in [0, 0.05) is 11.6 Å². The van der Waals surface area contributed by atoms with Crippen molar-refractivity contribution in [2.75, 3.05) is 11.1 Å². The van der Waals surface area contributed by atoms with Gasteiger partial charge < -0.3 is 14.8 Å². The van der Waals surface area contributed by atoms with Crippen LogP contribution in [0.4, 0.5) is 11.7 Å². The molecule has 4 rings (SSSR count). The van der Waals surface area contributed by atoms with Crippen LogP contribution in [0.2, 0.25) is 0 Å². The lowest BCUT2D eigenvalue weighted by molar-refractivity contribution is -0.137. The van der Waals surface area contributed by atoms with E-state index < -0.39 is 21.7 Å². The van der Waals surface area contributed by atoms with E-state index in [0.29, 0.717) is 11.6 Å². The van der Waals surface area contributed by atoms with Gasteiger partial charge in [-0.05, 0) is 53.8 Å². The Morgan fingerprint density at radius 2 is 1.69 bits per heavy atom. The topological polar surface area (TPSA) is 110 Å². The number of hydrogen-bond acceptors (Lipinski definition) is 6. The highest BCUT2D eigenvalue weighted by Gasteiger charge is 2.24. The maximum atomic E-state index is 13.0. The molecule has 0 spiro atoms. The molecule has 0 saturated heterocycles. The summed E-state index contributed by atoms with van der Waals surface area (Å²) in [6.07, 6.45) is 4.36. The Labute approximate surface area is 204 Å². The number of oxazole rings is 1. The largest absolute Gasteiger partial charge is 0.481 e. The molecule has 0 aliphatic heterocycles. The van der Waals surface area contributed by atoms with Crippen LogP contribution in [-0.2, 0) is 27.5 Å². The zero-order chi connectivity index (χ0) is 24.7. The van der Waals surface area contributed by atoms with Gasteiger partial charge in [-0.2, -0.15) is 0 Å². The van der Waals surface area contributed by atoms with Crippen molar-refractivity contribution in [2.45, 2.75) is 30.1 Å². The van der Waals surface area contributed by atoms with Crippen molar-refractivity contribution in [3.63, 3.8) is 0 Å². The van der Waals surface area contributed by atoms with E-state index >= 15 is 0 Å². The Balaban J connectivity index is 1.40. The fourth-order valence-electron chi connectivity index (χ4n) is 3.94. The molecule has 0 amide bonds. The molecule has 0 bridgehead atoms. The summed E-state index contributed by atoms with van der Waals surface area (Å²) in [5.74, 6) is -1.90. The molecule has 0 aliphatic carbocycles. The number of carboxylic acid groups (broad SMARTS) is 1. The lowest BCUT2D eigenvalue weighted by Crippen LogP contribution is -2.18. The number of carboxylic acids is 1. The molecule has 3 aromatic carbocycles. The average Bonchev–Trinajstić information content (AvgIpc) is 3.36. The molecule has 7 nitrogen and oxygen atoms in total. The minimum atomic E-state index is -3.65. The molecule has 1 unspecified atom stereocenters. The zero-order valence-electron chi connectivity index (χ0n) is 19.0. The molecule has 180 valence electrons. The van der Waals surface area contributed by atoms with Crippen molar-refractivity contribution in [3.05, 3.63) is 108 Å². The minimum absolute atomic E-state index is 0.199. The van der Waals surface area contributed by atoms with Crippen molar-refractivity contribution in [1.29, 1.82) is 0 Å². The standard InChI is InChI=1S/C27H26N2O5S/c30-26(31)18-23(22-6-2-1-3-7-22)19-35(32,33)25-13-11-20(12-14-25)9-10-21-5-4-8-24(17-21)29-27-28-15-16-34-27/h1-8,11-17,23H,9-10,18-19H2,(H,28,29)(H,30,31). The summed E-state index contributed by atoms with van der Waals surface area (Å²) >= 11 is 0. The van der Waals surface area contributed by atoms with Gasteiger partial charge in [-0.25, -0.2) is 13.4 Å². The monoisotopic (exact) mass is 490 g/mol. The SMILES string of the molecule is O=C(O)CC(CS(=O)(=O)c1ccc(CCc2cccc(Nc3ncco3)c2)cc1)c1ccccc1. The fraction of sp³-hybridized carbons (Fsp3) is 0.185. The molecule has 1 aromatic heterocycles. The number of benzene rings is 3. The van der Waals surface area contributed by atoms with Crippen molar-refractivity contribution >= 4 is 27.5 Å². The van der Waals surface area contributed by atoms with Gasteiger partial charge in [-0.15, -0.1) is 0 Å². The normalized spacial score (nSPS) is 12.2. The lowest BCUT2D eigenvalue weighted by atomic mass is 9.98. The second kappa shape index (κ2) is 11.0. The summed E-state index contributed by atoms with van der Waals surface area (Å²) in [6.45, 7) is 0. The molecule has 0 radical (unpaired) electrons. The van der Waals surface area contributed by atoms with E-state index in [1.165, 1.54) is 6.26 Å². The molecular weight excluding hydrogens is 464 g/mol. The third-order valence-corrected chi connectivity index (χ3v) is 7.54. The van der Waals surface area contributed by atoms with Crippen LogP contribution in [-0.4, -0.2) is 30.2 Å². The Hall–Kier alpha value is -3.91. The molecule has 1 atom stereocenters. The highest BCUT2D eigenvalue weighted by atomic mass is 32.2. The number of aryl methyl sites for hydroxylation is 2. The quantitative estimate of drug-likeness (QED) is 0.296. The summed E-state index contributed by atoms with van der Waals surface area (Å²) in [5, 5.41) is 12.4. The molecule has 35 heavy (non-hydrogen) atoms. The summed E-state index contributed by atoms with van der Waals surface area (Å²) < 4.78 is 31.3. The van der Waals surface area contributed by atoms with Crippen LogP contribution in [0.3, 0.4) is 0 Å². The molecule has 8 heteroatoms. The summed E-state index contributed by atoms with van der Waals surface area (Å²) in [4.78, 5) is 15.6. The third kappa shape index (κ3) is 6.80. The van der Waals surface area contributed by atoms with Crippen LogP contribution in [0.25, 0.3) is 0 Å². The number of anilines is 2. The van der Waals surface area contributed by atoms with E-state index in [0.717, 1.165) is 29.7 Å². The van der Waals surface area contributed by atoms with Gasteiger partial charge in [0.1, 0.15) is 6.26 Å². The predicted octanol–water partition coefficient (Wildman–Crippen LogP) is 5.24. The first-order chi connectivity index (χ1) is 16.9. The number of rotatable bonds is 11. The highest BCUT2D eigenvalue weighted by Crippen LogP contribution is 2.25. The maximum absolute atomic E-state index is 13.0. The van der Waals surface area contributed by atoms with Crippen LogP contribution in [0.5, 0.6) is 0 Å². The second-order valence-corrected chi connectivity index (χ2v) is 10.3. The number of carbonyl (C=O) groups is 1. The molecule has 4 aromatic rings. The average molecular weight is 491 g/mol. The van der Waals surface area contributed by atoms with E-state index in [-0.39, 0.29) is 17.1 Å². The number of sulfone groups is 1. The van der Waals surface area contributed by atoms with Crippen molar-refractivity contribution in [3.8, 4) is 0 Å². The van der Waals surface area contributed by atoms with Gasteiger partial charge in [0.2, 0.25) is 0 Å². The third-order valence-electron chi connectivity index (χ3n) is 5.71. The molecular formula is C27H26N2O5S. The number of aromatic nitrogens is 1. The zero-order valence-corrected chi connectivity index (χ0v) is 19.8. The molecule has 0 fully saturated rings. The highest BCUT2D eigenvalue weighted by molar-refractivity contribution is 7.91. The molecule has 0 aliphatic rings. The molecule has 1 heterocycles. The second-order valence-electron chi connectivity index (χ2n) is 8.29. The number of nitrogens with zero attached hydrogens (tertiary/aromatic N) is 1. The van der Waals surface area contributed by atoms with Crippen LogP contribution in [0, 0.1) is 0 Å². The van der Waals surface area contributed by atoms with Gasteiger partial charge in [0.05, 0.1) is 23.3 Å². The van der Waals surface area contributed by atoms with E-state index in [4.69, 9.17) is 4.42 Å². The van der Waals surface area contributed by atoms with Crippen LogP contribution >= 0.6 is 0 Å². The predicted molar refractivity (Wildman–Crippen MR) is 134 cm³/mol. The van der Waals surface area contributed by atoms with Crippen LogP contribution in [0.1, 0.15) is 29.0 Å². The first kappa shape index (κ1) is 24.2. The van der Waals surface area contributed by atoms with E-state index in [9.17, 15) is 18.3 Å². The van der Waals surface area contributed by atoms with E-state index in [1.807, 2.05) is 42.5 Å². The van der Waals surface area contributed by atoms with E-state index in [1.54, 1.807) is 42.6 Å². The summed E-state index contributed by atoms with van der Waals surface area (Å²) in [5.41, 5.74) is 3.72. The Kier molecular flexibility index (Phi) is 7.62. The van der Waals surface area contributed by atoms with Gasteiger partial charge in [-0.1, -0.05) is 54.6 Å². The smallest absolute Gasteiger partial charge is 0.303 e. The summed E-state index contributed by atoms with van der Waals surface area (Å²) in [6, 6.07) is 24.1. The van der Waals surface area contributed by atoms with Crippen molar-refractivity contribution in [1.82, 2.24) is 4.98 Å². The lowest BCUT2D eigenvalue weighted by Gasteiger charge is -2.16. The summed E-state index contributed by atoms with van der Waals surface area (Å²) in [7, 11) is -3.65. The van der Waals surface area contributed by atoms with Crippen molar-refractivity contribution in [2.24, 2.45) is 0 Å². The number of hydrogen-bond donors (Lipinski definition) is 2. The molecule has 2 N–H and O–H groups in total.